The number of hydrogen-bond acceptors (Lipinski definition) is 4. The Kier molecular flexibility index (Phi) is 6.39. The summed E-state index contributed by atoms with van der Waals surface area (Å²) < 4.78 is 5.52. The molecule has 2 aliphatic rings. The van der Waals surface area contributed by atoms with Crippen molar-refractivity contribution in [2.45, 2.75) is 42.7 Å². The zero-order valence-electron chi connectivity index (χ0n) is 20.4. The lowest BCUT2D eigenvalue weighted by atomic mass is 9.55. The van der Waals surface area contributed by atoms with E-state index in [1.54, 1.807) is 7.11 Å². The number of methoxy groups -OCH3 is 1. The van der Waals surface area contributed by atoms with Gasteiger partial charge in [0.2, 0.25) is 0 Å². The number of piperidine rings is 1. The minimum absolute atomic E-state index is 0.0219. The zero-order valence-corrected chi connectivity index (χ0v) is 20.4. The van der Waals surface area contributed by atoms with Crippen molar-refractivity contribution in [1.82, 2.24) is 10.2 Å². The first kappa shape index (κ1) is 23.6. The molecule has 3 atom stereocenters. The van der Waals surface area contributed by atoms with E-state index >= 15 is 0 Å². The average molecular weight is 471 g/mol. The Morgan fingerprint density at radius 3 is 2.77 bits per heavy atom. The maximum absolute atomic E-state index is 13.3. The summed E-state index contributed by atoms with van der Waals surface area (Å²) in [5.74, 6) is 0.728. The van der Waals surface area contributed by atoms with Crippen LogP contribution in [0.4, 0.5) is 0 Å². The van der Waals surface area contributed by atoms with Crippen molar-refractivity contribution in [3.05, 3.63) is 90.5 Å². The zero-order chi connectivity index (χ0) is 24.5. The molecule has 3 aromatic rings. The Labute approximate surface area is 207 Å². The first-order chi connectivity index (χ1) is 17.0. The number of β-amino-alcohol motifs (C(OH)–C–C–N with tert-alkyl or cyclic N) is 1. The van der Waals surface area contributed by atoms with Crippen LogP contribution in [-0.2, 0) is 5.41 Å². The van der Waals surface area contributed by atoms with Crippen molar-refractivity contribution in [2.24, 2.45) is 0 Å². The van der Waals surface area contributed by atoms with Gasteiger partial charge in [-0.3, -0.25) is 9.69 Å². The normalized spacial score (nSPS) is 26.6. The molecule has 1 saturated heterocycles. The number of ether oxygens (including phenoxy) is 1. The molecule has 1 amide bonds. The van der Waals surface area contributed by atoms with E-state index in [9.17, 15) is 9.90 Å². The van der Waals surface area contributed by atoms with Gasteiger partial charge >= 0.3 is 0 Å². The van der Waals surface area contributed by atoms with Crippen molar-refractivity contribution < 1.29 is 14.6 Å². The summed E-state index contributed by atoms with van der Waals surface area (Å²) in [5, 5.41) is 17.6. The first-order valence-electron chi connectivity index (χ1n) is 12.5. The topological polar surface area (TPSA) is 61.8 Å². The molecule has 0 radical (unpaired) electrons. The van der Waals surface area contributed by atoms with Crippen molar-refractivity contribution in [3.8, 4) is 5.75 Å². The molecule has 1 heterocycles. The van der Waals surface area contributed by atoms with Crippen molar-refractivity contribution >= 4 is 16.7 Å². The molecule has 1 aliphatic heterocycles. The van der Waals surface area contributed by atoms with E-state index < -0.39 is 11.0 Å². The van der Waals surface area contributed by atoms with Crippen LogP contribution in [0.2, 0.25) is 0 Å². The Hall–Kier alpha value is -3.15. The fraction of sp³-hybridized carbons (Fsp3) is 0.367. The highest BCUT2D eigenvalue weighted by atomic mass is 16.5. The van der Waals surface area contributed by atoms with E-state index in [0.717, 1.165) is 48.0 Å². The fourth-order valence-electron chi connectivity index (χ4n) is 6.24. The van der Waals surface area contributed by atoms with Crippen LogP contribution < -0.4 is 10.1 Å². The smallest absolute Gasteiger partial charge is 0.251 e. The van der Waals surface area contributed by atoms with E-state index in [2.05, 4.69) is 35.0 Å². The number of carbonyl (C=O) groups excluding carboxylic acids is 1. The number of likely N-dealkylation sites (tertiary alicyclic amines) is 1. The van der Waals surface area contributed by atoms with Crippen LogP contribution in [0.1, 0.15) is 41.6 Å². The standard InChI is InChI=1S/C30H34N2O3/c1-3-16-32-17-15-29(25-9-6-10-27(19-25)35-2)20-26(13-14-30(29,34)21-32)31-28(33)24-12-11-22-7-4-5-8-23(22)18-24/h3-12,18-19,26,34H,1,13-17,20-21H2,2H3,(H,31,33)/t26-,29+,30+/m1/s1. The van der Waals surface area contributed by atoms with Gasteiger partial charge in [0.15, 0.2) is 0 Å². The van der Waals surface area contributed by atoms with Crippen molar-refractivity contribution in [3.63, 3.8) is 0 Å². The lowest BCUT2D eigenvalue weighted by molar-refractivity contribution is -0.123. The average Bonchev–Trinajstić information content (AvgIpc) is 2.88. The third kappa shape index (κ3) is 4.35. The summed E-state index contributed by atoms with van der Waals surface area (Å²) in [4.78, 5) is 15.5. The Morgan fingerprint density at radius 1 is 1.14 bits per heavy atom. The third-order valence-corrected chi connectivity index (χ3v) is 8.09. The number of carbonyl (C=O) groups is 1. The summed E-state index contributed by atoms with van der Waals surface area (Å²) in [6, 6.07) is 22.0. The molecule has 0 unspecified atom stereocenters. The molecule has 35 heavy (non-hydrogen) atoms. The quantitative estimate of drug-likeness (QED) is 0.513. The maximum atomic E-state index is 13.3. The van der Waals surface area contributed by atoms with Crippen LogP contribution in [0.5, 0.6) is 5.75 Å². The highest BCUT2D eigenvalue weighted by Crippen LogP contribution is 2.52. The van der Waals surface area contributed by atoms with Gasteiger partial charge in [0.05, 0.1) is 12.7 Å². The molecule has 1 saturated carbocycles. The summed E-state index contributed by atoms with van der Waals surface area (Å²) >= 11 is 0. The number of fused-ring (bicyclic) bond motifs is 2. The minimum atomic E-state index is -0.884. The van der Waals surface area contributed by atoms with Crippen LogP contribution in [0.3, 0.4) is 0 Å². The van der Waals surface area contributed by atoms with E-state index in [0.29, 0.717) is 24.9 Å². The van der Waals surface area contributed by atoms with Gasteiger partial charge in [0.1, 0.15) is 5.75 Å². The van der Waals surface area contributed by atoms with Crippen LogP contribution in [0.25, 0.3) is 10.8 Å². The van der Waals surface area contributed by atoms with Crippen LogP contribution >= 0.6 is 0 Å². The number of rotatable bonds is 6. The molecule has 3 aromatic carbocycles. The molecular formula is C30H34N2O3. The number of nitrogens with one attached hydrogen (secondary N) is 1. The van der Waals surface area contributed by atoms with E-state index in [1.165, 1.54) is 0 Å². The molecule has 5 heteroatoms. The lowest BCUT2D eigenvalue weighted by Crippen LogP contribution is -2.67. The maximum Gasteiger partial charge on any atom is 0.251 e. The molecule has 1 aliphatic carbocycles. The van der Waals surface area contributed by atoms with Gasteiger partial charge in [0.25, 0.3) is 5.91 Å². The minimum Gasteiger partial charge on any atom is -0.497 e. The Morgan fingerprint density at radius 2 is 1.97 bits per heavy atom. The predicted molar refractivity (Wildman–Crippen MR) is 140 cm³/mol. The SMILES string of the molecule is C=CCN1CC[C@@]2(c3cccc(OC)c3)C[C@H](NC(=O)c3ccc4ccccc4c3)CC[C@]2(O)C1. The van der Waals surface area contributed by atoms with Gasteiger partial charge in [-0.05, 0) is 72.8 Å². The first-order valence-corrected chi connectivity index (χ1v) is 12.5. The number of hydrogen-bond donors (Lipinski definition) is 2. The molecule has 182 valence electrons. The van der Waals surface area contributed by atoms with Crippen LogP contribution in [-0.4, -0.2) is 54.3 Å². The number of aliphatic hydroxyl groups is 1. The molecule has 2 fully saturated rings. The van der Waals surface area contributed by atoms with Crippen LogP contribution in [0, 0.1) is 0 Å². The van der Waals surface area contributed by atoms with E-state index in [-0.39, 0.29) is 11.9 Å². The summed E-state index contributed by atoms with van der Waals surface area (Å²) in [6.45, 7) is 6.12. The summed E-state index contributed by atoms with van der Waals surface area (Å²) in [7, 11) is 1.67. The number of nitrogens with zero attached hydrogens (tertiary/aromatic N) is 1. The van der Waals surface area contributed by atoms with Crippen molar-refractivity contribution in [2.75, 3.05) is 26.7 Å². The second-order valence-corrected chi connectivity index (χ2v) is 10.1. The summed E-state index contributed by atoms with van der Waals surface area (Å²) in [5.41, 5.74) is 0.409. The molecular weight excluding hydrogens is 436 g/mol. The molecule has 0 aromatic heterocycles. The lowest BCUT2D eigenvalue weighted by Gasteiger charge is -2.58. The Bertz CT molecular complexity index is 1240. The highest BCUT2D eigenvalue weighted by molar-refractivity contribution is 5.98. The fourth-order valence-corrected chi connectivity index (χ4v) is 6.24. The summed E-state index contributed by atoms with van der Waals surface area (Å²) in [6.07, 6.45) is 4.77. The van der Waals surface area contributed by atoms with Gasteiger partial charge in [0, 0.05) is 30.1 Å². The van der Waals surface area contributed by atoms with Gasteiger partial charge in [-0.25, -0.2) is 0 Å². The monoisotopic (exact) mass is 470 g/mol. The molecule has 5 nitrogen and oxygen atoms in total. The second-order valence-electron chi connectivity index (χ2n) is 10.1. The Balaban J connectivity index is 1.43. The van der Waals surface area contributed by atoms with Gasteiger partial charge in [-0.1, -0.05) is 48.5 Å². The molecule has 2 N–H and O–H groups in total. The van der Waals surface area contributed by atoms with Gasteiger partial charge < -0.3 is 15.2 Å². The van der Waals surface area contributed by atoms with Crippen LogP contribution in [0.15, 0.2) is 79.4 Å². The second kappa shape index (κ2) is 9.48. The predicted octanol–water partition coefficient (Wildman–Crippen LogP) is 4.69. The van der Waals surface area contributed by atoms with E-state index in [4.69, 9.17) is 4.74 Å². The molecule has 0 spiro atoms. The number of benzene rings is 3. The van der Waals surface area contributed by atoms with Crippen molar-refractivity contribution in [1.29, 1.82) is 0 Å². The number of amides is 1. The largest absolute Gasteiger partial charge is 0.497 e. The van der Waals surface area contributed by atoms with Gasteiger partial charge in [-0.2, -0.15) is 0 Å². The van der Waals surface area contributed by atoms with E-state index in [1.807, 2.05) is 54.6 Å². The third-order valence-electron chi connectivity index (χ3n) is 8.09. The highest BCUT2D eigenvalue weighted by Gasteiger charge is 2.57. The molecule has 5 rings (SSSR count). The molecule has 0 bridgehead atoms. The van der Waals surface area contributed by atoms with Gasteiger partial charge in [-0.15, -0.1) is 6.58 Å².